The van der Waals surface area contributed by atoms with Crippen LogP contribution >= 0.6 is 11.8 Å². The van der Waals surface area contributed by atoms with Crippen LogP contribution in [-0.4, -0.2) is 29.0 Å². The molecule has 0 aliphatic carbocycles. The van der Waals surface area contributed by atoms with Gasteiger partial charge in [0.05, 0.1) is 6.10 Å². The summed E-state index contributed by atoms with van der Waals surface area (Å²) in [6.45, 7) is 4.75. The van der Waals surface area contributed by atoms with Crippen LogP contribution in [0.1, 0.15) is 20.3 Å². The summed E-state index contributed by atoms with van der Waals surface area (Å²) in [5.41, 5.74) is -0.0508. The Morgan fingerprint density at radius 3 is 3.08 bits per heavy atom. The molecule has 3 heterocycles. The molecule has 0 spiro atoms. The summed E-state index contributed by atoms with van der Waals surface area (Å²) in [6, 6.07) is 0. The largest absolute Gasteiger partial charge is 0.369 e. The summed E-state index contributed by atoms with van der Waals surface area (Å²) < 4.78 is 5.62. The van der Waals surface area contributed by atoms with Gasteiger partial charge in [-0.3, -0.25) is 4.79 Å². The van der Waals surface area contributed by atoms with Gasteiger partial charge in [0.2, 0.25) is 0 Å². The summed E-state index contributed by atoms with van der Waals surface area (Å²) in [5.74, 6) is 0.979. The van der Waals surface area contributed by atoms with E-state index in [-0.39, 0.29) is 5.41 Å². The molecule has 2 bridgehead atoms. The molecule has 3 heteroatoms. The van der Waals surface area contributed by atoms with E-state index in [2.05, 4.69) is 13.8 Å². The number of hydrogen-bond acceptors (Lipinski definition) is 3. The lowest BCUT2D eigenvalue weighted by atomic mass is 9.67. The summed E-state index contributed by atoms with van der Waals surface area (Å²) in [7, 11) is 0. The van der Waals surface area contributed by atoms with Crippen LogP contribution in [0.3, 0.4) is 0 Å². The van der Waals surface area contributed by atoms with Crippen molar-refractivity contribution in [3.63, 3.8) is 0 Å². The third-order valence-electron chi connectivity index (χ3n) is 4.02. The smallest absolute Gasteiger partial charge is 0.165 e. The van der Waals surface area contributed by atoms with E-state index in [9.17, 15) is 4.79 Å². The lowest BCUT2D eigenvalue weighted by Gasteiger charge is -2.43. The maximum absolute atomic E-state index is 11.7. The normalized spacial score (nSPS) is 58.8. The fourth-order valence-electron chi connectivity index (χ4n) is 3.01. The summed E-state index contributed by atoms with van der Waals surface area (Å²) in [5, 5.41) is 1.12. The molecule has 3 unspecified atom stereocenters. The Hall–Kier alpha value is -0.0200. The molecular formula is C10H14O2S. The minimum Gasteiger partial charge on any atom is -0.369 e. The zero-order valence-corrected chi connectivity index (χ0v) is 8.76. The molecule has 0 amide bonds. The zero-order chi connectivity index (χ0) is 9.22. The second-order valence-electron chi connectivity index (χ2n) is 4.77. The minimum atomic E-state index is -0.0508. The average Bonchev–Trinajstić information content (AvgIpc) is 2.57. The Balaban J connectivity index is 2.03. The van der Waals surface area contributed by atoms with Crippen LogP contribution in [0.5, 0.6) is 0 Å². The molecule has 3 fully saturated rings. The third kappa shape index (κ3) is 0.827. The zero-order valence-electron chi connectivity index (χ0n) is 7.95. The summed E-state index contributed by atoms with van der Waals surface area (Å²) >= 11 is 1.99. The van der Waals surface area contributed by atoms with Gasteiger partial charge in [0, 0.05) is 15.9 Å². The molecular weight excluding hydrogens is 184 g/mol. The van der Waals surface area contributed by atoms with Crippen molar-refractivity contribution in [3.8, 4) is 0 Å². The van der Waals surface area contributed by atoms with Crippen molar-refractivity contribution in [3.05, 3.63) is 0 Å². The van der Waals surface area contributed by atoms with Gasteiger partial charge in [0.1, 0.15) is 6.61 Å². The molecule has 13 heavy (non-hydrogen) atoms. The number of carbonyl (C=O) groups is 1. The molecule has 5 atom stereocenters. The number of rotatable bonds is 0. The highest BCUT2D eigenvalue weighted by atomic mass is 32.2. The number of hydrogen-bond donors (Lipinski definition) is 0. The summed E-state index contributed by atoms with van der Waals surface area (Å²) in [6.07, 6.45) is 1.44. The van der Waals surface area contributed by atoms with Gasteiger partial charge < -0.3 is 4.74 Å². The first kappa shape index (κ1) is 8.30. The molecule has 3 aliphatic heterocycles. The maximum Gasteiger partial charge on any atom is 0.165 e. The average molecular weight is 198 g/mol. The monoisotopic (exact) mass is 198 g/mol. The minimum absolute atomic E-state index is 0.0508. The number of carbonyl (C=O) groups excluding carboxylic acids is 1. The second kappa shape index (κ2) is 2.31. The van der Waals surface area contributed by atoms with Crippen LogP contribution < -0.4 is 0 Å². The Morgan fingerprint density at radius 2 is 2.38 bits per heavy atom. The molecule has 3 aliphatic rings. The fourth-order valence-corrected chi connectivity index (χ4v) is 5.24. The predicted octanol–water partition coefficient (Wildman–Crippen LogP) is 1.48. The van der Waals surface area contributed by atoms with Crippen LogP contribution in [0, 0.1) is 11.3 Å². The van der Waals surface area contributed by atoms with E-state index in [4.69, 9.17) is 4.74 Å². The highest BCUT2D eigenvalue weighted by Gasteiger charge is 2.63. The van der Waals surface area contributed by atoms with Gasteiger partial charge >= 0.3 is 0 Å². The van der Waals surface area contributed by atoms with Gasteiger partial charge in [0.15, 0.2) is 5.78 Å². The van der Waals surface area contributed by atoms with Crippen molar-refractivity contribution in [1.29, 1.82) is 0 Å². The van der Waals surface area contributed by atoms with Gasteiger partial charge in [-0.15, -0.1) is 0 Å². The number of fused-ring (bicyclic) bond motifs is 1. The van der Waals surface area contributed by atoms with Crippen molar-refractivity contribution in [2.75, 3.05) is 6.61 Å². The van der Waals surface area contributed by atoms with E-state index in [1.165, 1.54) is 0 Å². The van der Waals surface area contributed by atoms with Crippen molar-refractivity contribution < 1.29 is 9.53 Å². The van der Waals surface area contributed by atoms with E-state index < -0.39 is 0 Å². The molecule has 0 aromatic rings. The third-order valence-corrected chi connectivity index (χ3v) is 6.05. The second-order valence-corrected chi connectivity index (χ2v) is 6.16. The van der Waals surface area contributed by atoms with E-state index in [0.29, 0.717) is 34.9 Å². The standard InChI is InChI=1S/C10H14O2S/c1-5-6-3-10(2)7(11)4-12-8(5)9(10)13-6/h5-6,8-9H,3-4H2,1-2H3/t5-,6?,8?,9?,10+/m1/s1. The predicted molar refractivity (Wildman–Crippen MR) is 51.8 cm³/mol. The molecule has 0 radical (unpaired) electrons. The van der Waals surface area contributed by atoms with Gasteiger partial charge in [-0.1, -0.05) is 13.8 Å². The Morgan fingerprint density at radius 1 is 1.62 bits per heavy atom. The summed E-state index contributed by atoms with van der Waals surface area (Å²) in [4.78, 5) is 11.7. The van der Waals surface area contributed by atoms with E-state index in [1.807, 2.05) is 11.8 Å². The van der Waals surface area contributed by atoms with Crippen molar-refractivity contribution in [2.45, 2.75) is 36.9 Å². The van der Waals surface area contributed by atoms with Crippen LogP contribution in [-0.2, 0) is 9.53 Å². The van der Waals surface area contributed by atoms with Gasteiger partial charge in [-0.05, 0) is 12.3 Å². The van der Waals surface area contributed by atoms with Crippen LogP contribution in [0.25, 0.3) is 0 Å². The first-order chi connectivity index (χ1) is 6.13. The fraction of sp³-hybridized carbons (Fsp3) is 0.900. The number of thioether (sulfide) groups is 1. The number of ketones is 1. The molecule has 72 valence electrons. The Labute approximate surface area is 82.4 Å². The quantitative estimate of drug-likeness (QED) is 0.590. The molecule has 0 aromatic heterocycles. The van der Waals surface area contributed by atoms with Crippen molar-refractivity contribution >= 4 is 17.5 Å². The van der Waals surface area contributed by atoms with Crippen molar-refractivity contribution in [1.82, 2.24) is 0 Å². The highest BCUT2D eigenvalue weighted by Crippen LogP contribution is 2.61. The lowest BCUT2D eigenvalue weighted by molar-refractivity contribution is -0.151. The molecule has 0 aromatic carbocycles. The molecule has 3 rings (SSSR count). The topological polar surface area (TPSA) is 26.3 Å². The number of ether oxygens (including phenoxy) is 1. The first-order valence-corrected chi connectivity index (χ1v) is 5.87. The van der Waals surface area contributed by atoms with Gasteiger partial charge in [0.25, 0.3) is 0 Å². The van der Waals surface area contributed by atoms with Crippen LogP contribution in [0.15, 0.2) is 0 Å². The van der Waals surface area contributed by atoms with E-state index >= 15 is 0 Å². The molecule has 0 N–H and O–H groups in total. The first-order valence-electron chi connectivity index (χ1n) is 4.93. The number of Topliss-reactive ketones (excluding diaryl/α,β-unsaturated/α-hetero) is 1. The lowest BCUT2D eigenvalue weighted by Crippen LogP contribution is -2.54. The van der Waals surface area contributed by atoms with Crippen LogP contribution in [0.2, 0.25) is 0 Å². The van der Waals surface area contributed by atoms with Crippen molar-refractivity contribution in [2.24, 2.45) is 11.3 Å². The SMILES string of the molecule is C[C@@H]1C2C[C@@]3(C)C(=O)COC1C3S2. The Kier molecular flexibility index (Phi) is 1.48. The van der Waals surface area contributed by atoms with E-state index in [0.717, 1.165) is 6.42 Å². The molecule has 2 nitrogen and oxygen atoms in total. The van der Waals surface area contributed by atoms with Crippen LogP contribution in [0.4, 0.5) is 0 Å². The van der Waals surface area contributed by atoms with Gasteiger partial charge in [-0.25, -0.2) is 0 Å². The highest BCUT2D eigenvalue weighted by molar-refractivity contribution is 8.01. The van der Waals surface area contributed by atoms with Gasteiger partial charge in [-0.2, -0.15) is 11.8 Å². The molecule has 3 saturated heterocycles. The Bertz CT molecular complexity index is 278. The maximum atomic E-state index is 11.7. The van der Waals surface area contributed by atoms with E-state index in [1.54, 1.807) is 0 Å². The molecule has 0 saturated carbocycles.